The maximum Gasteiger partial charge on any atom is 0.222 e. The van der Waals surface area contributed by atoms with Crippen LogP contribution in [0, 0.1) is 0 Å². The molecule has 4 nitrogen and oxygen atoms in total. The minimum atomic E-state index is -3.37. The lowest BCUT2D eigenvalue weighted by molar-refractivity contribution is 0.586. The van der Waals surface area contributed by atoms with Crippen LogP contribution in [0.2, 0.25) is 10.3 Å². The number of benzene rings is 1. The molecule has 21 heavy (non-hydrogen) atoms. The lowest BCUT2D eigenvalue weighted by Gasteiger charge is -2.13. The minimum Gasteiger partial charge on any atom is -0.225 e. The zero-order chi connectivity index (χ0) is 15.6. The highest BCUT2D eigenvalue weighted by Crippen LogP contribution is 2.25. The normalized spacial score (nSPS) is 11.9. The molecule has 0 aliphatic heterocycles. The molecule has 0 amide bonds. The zero-order valence-electron chi connectivity index (χ0n) is 11.5. The van der Waals surface area contributed by atoms with Gasteiger partial charge in [0.2, 0.25) is 5.28 Å². The Labute approximate surface area is 134 Å². The van der Waals surface area contributed by atoms with Crippen LogP contribution in [0.25, 0.3) is 0 Å². The summed E-state index contributed by atoms with van der Waals surface area (Å²) in [5.74, 6) is 0. The van der Waals surface area contributed by atoms with E-state index in [1.54, 1.807) is 38.1 Å². The van der Waals surface area contributed by atoms with Crippen molar-refractivity contribution in [2.45, 2.75) is 30.4 Å². The highest BCUT2D eigenvalue weighted by Gasteiger charge is 2.22. The number of aromatic nitrogens is 2. The second-order valence-electron chi connectivity index (χ2n) is 4.81. The van der Waals surface area contributed by atoms with Gasteiger partial charge < -0.3 is 0 Å². The third-order valence-electron chi connectivity index (χ3n) is 3.04. The van der Waals surface area contributed by atoms with E-state index in [1.807, 2.05) is 0 Å². The smallest absolute Gasteiger partial charge is 0.222 e. The fourth-order valence-electron chi connectivity index (χ4n) is 1.86. The highest BCUT2D eigenvalue weighted by molar-refractivity contribution is 7.92. The first-order valence-electron chi connectivity index (χ1n) is 6.31. The van der Waals surface area contributed by atoms with Crippen molar-refractivity contribution >= 4 is 33.0 Å². The number of halogens is 2. The molecule has 112 valence electrons. The molecule has 1 heterocycles. The number of rotatable bonds is 4. The van der Waals surface area contributed by atoms with Crippen LogP contribution in [-0.4, -0.2) is 23.6 Å². The van der Waals surface area contributed by atoms with Crippen LogP contribution in [0.1, 0.15) is 25.1 Å². The first-order chi connectivity index (χ1) is 9.82. The van der Waals surface area contributed by atoms with Gasteiger partial charge in [0.25, 0.3) is 0 Å². The molecule has 0 saturated heterocycles. The summed E-state index contributed by atoms with van der Waals surface area (Å²) in [7, 11) is -3.37. The topological polar surface area (TPSA) is 59.9 Å². The lowest BCUT2D eigenvalue weighted by Crippen LogP contribution is -2.16. The third kappa shape index (κ3) is 3.54. The Bertz CT molecular complexity index is 761. The summed E-state index contributed by atoms with van der Waals surface area (Å²) in [6, 6.07) is 6.84. The summed E-state index contributed by atoms with van der Waals surface area (Å²) in [5.41, 5.74) is 1.14. The first-order valence-corrected chi connectivity index (χ1v) is 8.61. The molecule has 0 radical (unpaired) electrons. The van der Waals surface area contributed by atoms with E-state index >= 15 is 0 Å². The van der Waals surface area contributed by atoms with Gasteiger partial charge in [-0.1, -0.05) is 29.8 Å². The molecule has 0 atom stereocenters. The van der Waals surface area contributed by atoms with Crippen molar-refractivity contribution in [1.82, 2.24) is 9.97 Å². The number of hydrogen-bond acceptors (Lipinski definition) is 4. The summed E-state index contributed by atoms with van der Waals surface area (Å²) in [6.07, 6.45) is 1.69. The Morgan fingerprint density at radius 2 is 1.86 bits per heavy atom. The molecule has 1 aromatic heterocycles. The molecule has 2 rings (SSSR count). The molecular weight excluding hydrogens is 331 g/mol. The van der Waals surface area contributed by atoms with E-state index < -0.39 is 15.1 Å². The SMILES string of the molecule is CC(C)S(=O)(=O)c1ccccc1Cc1nc(Cl)ncc1Cl. The van der Waals surface area contributed by atoms with Gasteiger partial charge in [-0.25, -0.2) is 18.4 Å². The fourth-order valence-corrected chi connectivity index (χ4v) is 3.45. The van der Waals surface area contributed by atoms with E-state index in [2.05, 4.69) is 9.97 Å². The minimum absolute atomic E-state index is 0.0820. The quantitative estimate of drug-likeness (QED) is 0.795. The molecule has 0 aliphatic carbocycles. The van der Waals surface area contributed by atoms with Crippen molar-refractivity contribution in [2.75, 3.05) is 0 Å². The van der Waals surface area contributed by atoms with Gasteiger partial charge in [0.15, 0.2) is 9.84 Å². The molecule has 0 aliphatic rings. The Morgan fingerprint density at radius 1 is 1.19 bits per heavy atom. The van der Waals surface area contributed by atoms with Crippen LogP contribution in [0.5, 0.6) is 0 Å². The maximum atomic E-state index is 12.4. The van der Waals surface area contributed by atoms with Crippen LogP contribution in [0.3, 0.4) is 0 Å². The molecule has 7 heteroatoms. The van der Waals surface area contributed by atoms with Gasteiger partial charge >= 0.3 is 0 Å². The van der Waals surface area contributed by atoms with Crippen LogP contribution in [-0.2, 0) is 16.3 Å². The summed E-state index contributed by atoms with van der Waals surface area (Å²) < 4.78 is 24.8. The van der Waals surface area contributed by atoms with E-state index in [0.717, 1.165) is 0 Å². The molecule has 0 unspecified atom stereocenters. The monoisotopic (exact) mass is 344 g/mol. The Kier molecular flexibility index (Phi) is 4.86. The van der Waals surface area contributed by atoms with Gasteiger partial charge in [-0.15, -0.1) is 0 Å². The van der Waals surface area contributed by atoms with Crippen molar-refractivity contribution in [3.8, 4) is 0 Å². The molecule has 2 aromatic rings. The van der Waals surface area contributed by atoms with Crippen LogP contribution in [0.4, 0.5) is 0 Å². The summed E-state index contributed by atoms with van der Waals surface area (Å²) >= 11 is 11.8. The van der Waals surface area contributed by atoms with Crippen molar-refractivity contribution in [3.63, 3.8) is 0 Å². The van der Waals surface area contributed by atoms with E-state index in [-0.39, 0.29) is 11.7 Å². The second-order valence-corrected chi connectivity index (χ2v) is 8.03. The highest BCUT2D eigenvalue weighted by atomic mass is 35.5. The van der Waals surface area contributed by atoms with E-state index in [4.69, 9.17) is 23.2 Å². The molecule has 0 fully saturated rings. The van der Waals surface area contributed by atoms with Crippen molar-refractivity contribution in [1.29, 1.82) is 0 Å². The fraction of sp³-hybridized carbons (Fsp3) is 0.286. The van der Waals surface area contributed by atoms with Crippen LogP contribution in [0.15, 0.2) is 35.4 Å². The molecular formula is C14H14Cl2N2O2S. The predicted octanol–water partition coefficient (Wildman–Crippen LogP) is 3.56. The number of hydrogen-bond donors (Lipinski definition) is 0. The van der Waals surface area contributed by atoms with Gasteiger partial charge in [-0.2, -0.15) is 0 Å². The number of sulfone groups is 1. The van der Waals surface area contributed by atoms with E-state index in [9.17, 15) is 8.42 Å². The van der Waals surface area contributed by atoms with Crippen LogP contribution >= 0.6 is 23.2 Å². The van der Waals surface area contributed by atoms with Crippen molar-refractivity contribution in [2.24, 2.45) is 0 Å². The lowest BCUT2D eigenvalue weighted by atomic mass is 10.1. The largest absolute Gasteiger partial charge is 0.225 e. The third-order valence-corrected chi connectivity index (χ3v) is 5.80. The van der Waals surface area contributed by atoms with Crippen molar-refractivity contribution < 1.29 is 8.42 Å². The average molecular weight is 345 g/mol. The van der Waals surface area contributed by atoms with Gasteiger partial charge in [0.05, 0.1) is 27.1 Å². The summed E-state index contributed by atoms with van der Waals surface area (Å²) in [5, 5.41) is -0.0575. The van der Waals surface area contributed by atoms with E-state index in [0.29, 0.717) is 21.2 Å². The van der Waals surface area contributed by atoms with Crippen molar-refractivity contribution in [3.05, 3.63) is 52.0 Å². The number of nitrogens with zero attached hydrogens (tertiary/aromatic N) is 2. The zero-order valence-corrected chi connectivity index (χ0v) is 13.9. The summed E-state index contributed by atoms with van der Waals surface area (Å²) in [4.78, 5) is 8.15. The first kappa shape index (κ1) is 16.2. The Morgan fingerprint density at radius 3 is 2.52 bits per heavy atom. The molecule has 1 aromatic carbocycles. The van der Waals surface area contributed by atoms with E-state index in [1.165, 1.54) is 6.20 Å². The molecule has 0 saturated carbocycles. The Hall–Kier alpha value is -1.17. The van der Waals surface area contributed by atoms with Gasteiger partial charge in [-0.3, -0.25) is 0 Å². The Balaban J connectivity index is 2.49. The molecule has 0 N–H and O–H groups in total. The predicted molar refractivity (Wildman–Crippen MR) is 83.6 cm³/mol. The summed E-state index contributed by atoms with van der Waals surface area (Å²) in [6.45, 7) is 3.31. The molecule has 0 bridgehead atoms. The molecule has 0 spiro atoms. The average Bonchev–Trinajstić information content (AvgIpc) is 2.43. The second kappa shape index (κ2) is 6.30. The standard InChI is InChI=1S/C14H14Cl2N2O2S/c1-9(2)21(19,20)13-6-4-3-5-10(13)7-12-11(15)8-17-14(16)18-12/h3-6,8-9H,7H2,1-2H3. The maximum absolute atomic E-state index is 12.4. The van der Waals surface area contributed by atoms with Crippen LogP contribution < -0.4 is 0 Å². The van der Waals surface area contributed by atoms with Gasteiger partial charge in [0, 0.05) is 6.42 Å². The van der Waals surface area contributed by atoms with Gasteiger partial charge in [0.1, 0.15) is 0 Å². The van der Waals surface area contributed by atoms with Gasteiger partial charge in [-0.05, 0) is 37.1 Å².